The average Bonchev–Trinajstić information content (AvgIpc) is 2.75. The van der Waals surface area contributed by atoms with Gasteiger partial charge in [-0.15, -0.1) is 0 Å². The third kappa shape index (κ3) is 6.50. The number of nitrogens with one attached hydrogen (secondary N) is 1. The molecule has 1 aromatic heterocycles. The molecular weight excluding hydrogens is 254 g/mol. The molecule has 0 atom stereocenters. The first-order chi connectivity index (χ1) is 9.65. The molecule has 0 aliphatic carbocycles. The molecule has 0 saturated heterocycles. The third-order valence-electron chi connectivity index (χ3n) is 3.23. The molecule has 0 bridgehead atoms. The highest BCUT2D eigenvalue weighted by Gasteiger charge is 2.06. The van der Waals surface area contributed by atoms with E-state index in [-0.39, 0.29) is 0 Å². The Hall–Kier alpha value is -0.910. The zero-order chi connectivity index (χ0) is 14.8. The van der Waals surface area contributed by atoms with Crippen LogP contribution in [0.2, 0.25) is 0 Å². The minimum atomic E-state index is 0.700. The van der Waals surface area contributed by atoms with Gasteiger partial charge in [0.05, 0.1) is 18.9 Å². The Bertz CT molecular complexity index is 364. The molecule has 1 aromatic rings. The summed E-state index contributed by atoms with van der Waals surface area (Å²) in [5.41, 5.74) is 1.20. The summed E-state index contributed by atoms with van der Waals surface area (Å²) in [7, 11) is 1.71. The number of aryl methyl sites for hydroxylation is 1. The number of imidazole rings is 1. The van der Waals surface area contributed by atoms with E-state index in [0.29, 0.717) is 5.92 Å². The SMILES string of the molecule is COCCNCc1cnc(C)n1CCOCCC(C)C. The lowest BCUT2D eigenvalue weighted by atomic mass is 10.1. The van der Waals surface area contributed by atoms with Crippen LogP contribution in [0.15, 0.2) is 6.20 Å². The molecule has 0 radical (unpaired) electrons. The topological polar surface area (TPSA) is 48.3 Å². The van der Waals surface area contributed by atoms with Crippen molar-refractivity contribution in [1.29, 1.82) is 0 Å². The van der Waals surface area contributed by atoms with Gasteiger partial charge in [0.25, 0.3) is 0 Å². The summed E-state index contributed by atoms with van der Waals surface area (Å²) in [5.74, 6) is 1.74. The predicted molar refractivity (Wildman–Crippen MR) is 80.8 cm³/mol. The first-order valence-electron chi connectivity index (χ1n) is 7.43. The summed E-state index contributed by atoms with van der Waals surface area (Å²) < 4.78 is 12.9. The highest BCUT2D eigenvalue weighted by Crippen LogP contribution is 2.05. The quantitative estimate of drug-likeness (QED) is 0.631. The Morgan fingerprint density at radius 2 is 2.10 bits per heavy atom. The number of ether oxygens (including phenoxy) is 2. The molecule has 1 rings (SSSR count). The van der Waals surface area contributed by atoms with Crippen LogP contribution in [-0.4, -0.2) is 43.0 Å². The number of rotatable bonds is 11. The Morgan fingerprint density at radius 1 is 1.30 bits per heavy atom. The van der Waals surface area contributed by atoms with Crippen LogP contribution in [-0.2, 0) is 22.6 Å². The van der Waals surface area contributed by atoms with Gasteiger partial charge in [-0.05, 0) is 19.3 Å². The smallest absolute Gasteiger partial charge is 0.105 e. The lowest BCUT2D eigenvalue weighted by Gasteiger charge is -2.12. The van der Waals surface area contributed by atoms with E-state index in [0.717, 1.165) is 51.7 Å². The second-order valence-electron chi connectivity index (χ2n) is 5.41. The highest BCUT2D eigenvalue weighted by atomic mass is 16.5. The normalized spacial score (nSPS) is 11.4. The molecule has 0 aromatic carbocycles. The summed E-state index contributed by atoms with van der Waals surface area (Å²) in [6.45, 7) is 11.3. The second-order valence-corrected chi connectivity index (χ2v) is 5.41. The van der Waals surface area contributed by atoms with Crippen LogP contribution in [0.1, 0.15) is 31.8 Å². The fourth-order valence-electron chi connectivity index (χ4n) is 1.93. The number of aromatic nitrogens is 2. The third-order valence-corrected chi connectivity index (χ3v) is 3.23. The van der Waals surface area contributed by atoms with Gasteiger partial charge in [0.15, 0.2) is 0 Å². The fraction of sp³-hybridized carbons (Fsp3) is 0.800. The minimum absolute atomic E-state index is 0.700. The van der Waals surface area contributed by atoms with Crippen LogP contribution in [0.25, 0.3) is 0 Å². The summed E-state index contributed by atoms with van der Waals surface area (Å²) in [6, 6.07) is 0. The Labute approximate surface area is 122 Å². The molecule has 116 valence electrons. The molecule has 5 nitrogen and oxygen atoms in total. The highest BCUT2D eigenvalue weighted by molar-refractivity contribution is 5.04. The van der Waals surface area contributed by atoms with E-state index in [9.17, 15) is 0 Å². The molecular formula is C15H29N3O2. The van der Waals surface area contributed by atoms with Crippen molar-refractivity contribution in [3.05, 3.63) is 17.7 Å². The number of methoxy groups -OCH3 is 1. The molecule has 0 fully saturated rings. The molecule has 0 saturated carbocycles. The van der Waals surface area contributed by atoms with Gasteiger partial charge >= 0.3 is 0 Å². The van der Waals surface area contributed by atoms with Crippen molar-refractivity contribution in [3.8, 4) is 0 Å². The number of nitrogens with zero attached hydrogens (tertiary/aromatic N) is 2. The van der Waals surface area contributed by atoms with E-state index in [1.54, 1.807) is 7.11 Å². The van der Waals surface area contributed by atoms with Gasteiger partial charge in [-0.25, -0.2) is 4.98 Å². The second kappa shape index (κ2) is 9.91. The van der Waals surface area contributed by atoms with Gasteiger partial charge in [-0.3, -0.25) is 0 Å². The van der Waals surface area contributed by atoms with Gasteiger partial charge in [0.1, 0.15) is 5.82 Å². The van der Waals surface area contributed by atoms with Gasteiger partial charge in [0, 0.05) is 39.5 Å². The van der Waals surface area contributed by atoms with E-state index in [4.69, 9.17) is 9.47 Å². The molecule has 1 heterocycles. The van der Waals surface area contributed by atoms with Crippen molar-refractivity contribution >= 4 is 0 Å². The van der Waals surface area contributed by atoms with Crippen LogP contribution in [0.4, 0.5) is 0 Å². The molecule has 5 heteroatoms. The molecule has 0 spiro atoms. The van der Waals surface area contributed by atoms with Crippen molar-refractivity contribution in [2.75, 3.05) is 33.5 Å². The first-order valence-corrected chi connectivity index (χ1v) is 7.43. The Kier molecular flexibility index (Phi) is 8.49. The van der Waals surface area contributed by atoms with E-state index in [2.05, 4.69) is 28.7 Å². The van der Waals surface area contributed by atoms with Crippen LogP contribution < -0.4 is 5.32 Å². The van der Waals surface area contributed by atoms with Crippen LogP contribution in [0.3, 0.4) is 0 Å². The van der Waals surface area contributed by atoms with Crippen molar-refractivity contribution in [3.63, 3.8) is 0 Å². The molecule has 0 amide bonds. The molecule has 0 unspecified atom stereocenters. The van der Waals surface area contributed by atoms with Crippen molar-refractivity contribution in [1.82, 2.24) is 14.9 Å². The van der Waals surface area contributed by atoms with Crippen molar-refractivity contribution < 1.29 is 9.47 Å². The van der Waals surface area contributed by atoms with E-state index >= 15 is 0 Å². The lowest BCUT2D eigenvalue weighted by Crippen LogP contribution is -2.21. The van der Waals surface area contributed by atoms with Gasteiger partial charge in [0.2, 0.25) is 0 Å². The first kappa shape index (κ1) is 17.1. The van der Waals surface area contributed by atoms with E-state index < -0.39 is 0 Å². The summed E-state index contributed by atoms with van der Waals surface area (Å²) in [6.07, 6.45) is 3.05. The summed E-state index contributed by atoms with van der Waals surface area (Å²) in [4.78, 5) is 4.38. The van der Waals surface area contributed by atoms with E-state index in [1.165, 1.54) is 5.69 Å². The van der Waals surface area contributed by atoms with Gasteiger partial charge < -0.3 is 19.4 Å². The molecule has 0 aliphatic rings. The van der Waals surface area contributed by atoms with Crippen molar-refractivity contribution in [2.24, 2.45) is 5.92 Å². The zero-order valence-corrected chi connectivity index (χ0v) is 13.3. The average molecular weight is 283 g/mol. The maximum Gasteiger partial charge on any atom is 0.105 e. The Balaban J connectivity index is 2.30. The standard InChI is InChI=1S/C15H29N3O2/c1-13(2)5-8-20-10-7-18-14(3)17-12-15(18)11-16-6-9-19-4/h12-13,16H,5-11H2,1-4H3. The summed E-state index contributed by atoms with van der Waals surface area (Å²) in [5, 5.41) is 3.35. The molecule has 0 aliphatic heterocycles. The van der Waals surface area contributed by atoms with Crippen molar-refractivity contribution in [2.45, 2.75) is 40.3 Å². The van der Waals surface area contributed by atoms with E-state index in [1.807, 2.05) is 13.1 Å². The van der Waals surface area contributed by atoms with Crippen LogP contribution >= 0.6 is 0 Å². The number of hydrogen-bond acceptors (Lipinski definition) is 4. The van der Waals surface area contributed by atoms with Gasteiger partial charge in [-0.1, -0.05) is 13.8 Å². The monoisotopic (exact) mass is 283 g/mol. The van der Waals surface area contributed by atoms with Gasteiger partial charge in [-0.2, -0.15) is 0 Å². The number of hydrogen-bond donors (Lipinski definition) is 1. The van der Waals surface area contributed by atoms with Crippen LogP contribution in [0, 0.1) is 12.8 Å². The zero-order valence-electron chi connectivity index (χ0n) is 13.3. The maximum atomic E-state index is 5.68. The maximum absolute atomic E-state index is 5.68. The Morgan fingerprint density at radius 3 is 2.80 bits per heavy atom. The molecule has 20 heavy (non-hydrogen) atoms. The molecule has 1 N–H and O–H groups in total. The van der Waals surface area contributed by atoms with Crippen LogP contribution in [0.5, 0.6) is 0 Å². The fourth-order valence-corrected chi connectivity index (χ4v) is 1.93. The largest absolute Gasteiger partial charge is 0.383 e. The predicted octanol–water partition coefficient (Wildman–Crippen LogP) is 1.99. The summed E-state index contributed by atoms with van der Waals surface area (Å²) >= 11 is 0. The lowest BCUT2D eigenvalue weighted by molar-refractivity contribution is 0.115. The minimum Gasteiger partial charge on any atom is -0.383 e.